The van der Waals surface area contributed by atoms with Gasteiger partial charge in [-0.05, 0) is 12.1 Å². The van der Waals surface area contributed by atoms with Gasteiger partial charge in [-0.2, -0.15) is 0 Å². The van der Waals surface area contributed by atoms with Crippen LogP contribution in [0, 0.1) is 0 Å². The number of ether oxygens (including phenoxy) is 1. The molecule has 3 aromatic rings. The Morgan fingerprint density at radius 1 is 1.05 bits per heavy atom. The molecule has 0 bridgehead atoms. The molecule has 0 fully saturated rings. The Bertz CT molecular complexity index is 707. The van der Waals surface area contributed by atoms with Crippen LogP contribution < -0.4 is 0 Å². The monoisotopic (exact) mass is 281 g/mol. The van der Waals surface area contributed by atoms with E-state index in [0.717, 1.165) is 11.0 Å². The van der Waals surface area contributed by atoms with Gasteiger partial charge in [-0.3, -0.25) is 0 Å². The van der Waals surface area contributed by atoms with Crippen LogP contribution in [0.15, 0.2) is 61.2 Å². The lowest BCUT2D eigenvalue weighted by atomic mass is 10.2. The van der Waals surface area contributed by atoms with Gasteiger partial charge in [0.25, 0.3) is 0 Å². The van der Waals surface area contributed by atoms with Gasteiger partial charge in [0.2, 0.25) is 0 Å². The first-order chi connectivity index (χ1) is 10.3. The van der Waals surface area contributed by atoms with Crippen molar-refractivity contribution < 1.29 is 9.84 Å². The second kappa shape index (κ2) is 6.12. The van der Waals surface area contributed by atoms with Crippen molar-refractivity contribution >= 4 is 21.8 Å². The second-order valence-electron chi connectivity index (χ2n) is 5.12. The van der Waals surface area contributed by atoms with Gasteiger partial charge < -0.3 is 14.4 Å². The number of para-hydroxylation sites is 2. The van der Waals surface area contributed by atoms with Crippen LogP contribution in [0.3, 0.4) is 0 Å². The maximum Gasteiger partial charge on any atom is 0.0952 e. The molecule has 0 aliphatic carbocycles. The summed E-state index contributed by atoms with van der Waals surface area (Å²) in [4.78, 5) is 0. The van der Waals surface area contributed by atoms with E-state index in [1.165, 1.54) is 10.8 Å². The Balaban J connectivity index is 1.97. The molecular weight excluding hydrogens is 262 g/mol. The lowest BCUT2D eigenvalue weighted by Crippen LogP contribution is -2.21. The van der Waals surface area contributed by atoms with Crippen molar-refractivity contribution in [1.29, 1.82) is 0 Å². The minimum absolute atomic E-state index is 0.312. The summed E-state index contributed by atoms with van der Waals surface area (Å²) in [6.45, 7) is 4.90. The number of aromatic nitrogens is 1. The number of nitrogens with zero attached hydrogens (tertiary/aromatic N) is 1. The average Bonchev–Trinajstić information content (AvgIpc) is 2.83. The molecule has 3 rings (SSSR count). The molecule has 0 spiro atoms. The zero-order valence-electron chi connectivity index (χ0n) is 11.9. The molecule has 0 amide bonds. The maximum atomic E-state index is 10.2. The largest absolute Gasteiger partial charge is 0.389 e. The van der Waals surface area contributed by atoms with E-state index in [-0.39, 0.29) is 0 Å². The minimum atomic E-state index is -0.538. The summed E-state index contributed by atoms with van der Waals surface area (Å²) in [6, 6.07) is 16.6. The van der Waals surface area contributed by atoms with Crippen molar-refractivity contribution in [1.82, 2.24) is 4.57 Å². The normalized spacial score (nSPS) is 12.8. The van der Waals surface area contributed by atoms with Crippen LogP contribution in [-0.2, 0) is 11.3 Å². The number of hydrogen-bond donors (Lipinski definition) is 1. The van der Waals surface area contributed by atoms with Gasteiger partial charge in [-0.25, -0.2) is 0 Å². The Hall–Kier alpha value is -2.10. The van der Waals surface area contributed by atoms with E-state index in [2.05, 4.69) is 35.4 Å². The van der Waals surface area contributed by atoms with Crippen LogP contribution in [0.5, 0.6) is 0 Å². The van der Waals surface area contributed by atoms with Crippen molar-refractivity contribution in [2.24, 2.45) is 0 Å². The molecule has 0 aliphatic heterocycles. The van der Waals surface area contributed by atoms with Crippen molar-refractivity contribution in [3.63, 3.8) is 0 Å². The van der Waals surface area contributed by atoms with Crippen LogP contribution in [0.2, 0.25) is 0 Å². The topological polar surface area (TPSA) is 34.4 Å². The van der Waals surface area contributed by atoms with Gasteiger partial charge in [-0.1, -0.05) is 42.5 Å². The molecule has 1 heterocycles. The fraction of sp³-hybridized carbons (Fsp3) is 0.222. The Kier molecular flexibility index (Phi) is 4.04. The third-order valence-electron chi connectivity index (χ3n) is 3.62. The van der Waals surface area contributed by atoms with E-state index in [9.17, 15) is 5.11 Å². The average molecular weight is 281 g/mol. The zero-order chi connectivity index (χ0) is 14.7. The van der Waals surface area contributed by atoms with Crippen molar-refractivity contribution in [3.8, 4) is 0 Å². The highest BCUT2D eigenvalue weighted by Gasteiger charge is 2.13. The molecule has 1 N–H and O–H groups in total. The molecule has 1 aromatic heterocycles. The molecule has 0 saturated heterocycles. The van der Waals surface area contributed by atoms with Crippen molar-refractivity contribution in [2.75, 3.05) is 13.2 Å². The summed E-state index contributed by atoms with van der Waals surface area (Å²) in [5, 5.41) is 12.6. The van der Waals surface area contributed by atoms with E-state index in [0.29, 0.717) is 19.8 Å². The fourth-order valence-electron chi connectivity index (χ4n) is 2.75. The first kappa shape index (κ1) is 13.9. The van der Waals surface area contributed by atoms with Crippen LogP contribution in [0.1, 0.15) is 0 Å². The third-order valence-corrected chi connectivity index (χ3v) is 3.62. The van der Waals surface area contributed by atoms with Crippen LogP contribution in [-0.4, -0.2) is 29.0 Å². The van der Waals surface area contributed by atoms with Gasteiger partial charge in [0, 0.05) is 21.8 Å². The number of fused-ring (bicyclic) bond motifs is 3. The molecule has 2 aromatic carbocycles. The summed E-state index contributed by atoms with van der Waals surface area (Å²) < 4.78 is 7.50. The molecule has 3 heteroatoms. The maximum absolute atomic E-state index is 10.2. The summed E-state index contributed by atoms with van der Waals surface area (Å²) in [7, 11) is 0. The summed E-state index contributed by atoms with van der Waals surface area (Å²) in [6.07, 6.45) is 1.15. The molecule has 0 aliphatic rings. The molecule has 108 valence electrons. The van der Waals surface area contributed by atoms with Crippen LogP contribution in [0.4, 0.5) is 0 Å². The van der Waals surface area contributed by atoms with E-state index in [1.807, 2.05) is 24.3 Å². The Morgan fingerprint density at radius 2 is 1.62 bits per heavy atom. The van der Waals surface area contributed by atoms with E-state index in [4.69, 9.17) is 4.74 Å². The lowest BCUT2D eigenvalue weighted by molar-refractivity contribution is 0.0409. The number of aliphatic hydroxyl groups is 1. The van der Waals surface area contributed by atoms with Gasteiger partial charge in [-0.15, -0.1) is 6.58 Å². The van der Waals surface area contributed by atoms with Gasteiger partial charge in [0.05, 0.1) is 25.9 Å². The molecule has 3 nitrogen and oxygen atoms in total. The molecule has 21 heavy (non-hydrogen) atoms. The van der Waals surface area contributed by atoms with Gasteiger partial charge in [0.1, 0.15) is 0 Å². The number of benzene rings is 2. The standard InChI is InChI=1S/C18H19NO2/c1-2-11-21-13-14(20)12-19-17-9-5-3-7-15(17)16-8-4-6-10-18(16)19/h2-10,14,20H,1,11-13H2. The lowest BCUT2D eigenvalue weighted by Gasteiger charge is -2.13. The van der Waals surface area contributed by atoms with Crippen molar-refractivity contribution in [2.45, 2.75) is 12.6 Å². The van der Waals surface area contributed by atoms with Crippen LogP contribution >= 0.6 is 0 Å². The summed E-state index contributed by atoms with van der Waals surface area (Å²) in [5.41, 5.74) is 2.28. The first-order valence-corrected chi connectivity index (χ1v) is 7.14. The number of rotatable bonds is 6. The summed E-state index contributed by atoms with van der Waals surface area (Å²) in [5.74, 6) is 0. The van der Waals surface area contributed by atoms with Crippen LogP contribution in [0.25, 0.3) is 21.8 Å². The molecule has 0 saturated carbocycles. The fourth-order valence-corrected chi connectivity index (χ4v) is 2.75. The summed E-state index contributed by atoms with van der Waals surface area (Å²) >= 11 is 0. The second-order valence-corrected chi connectivity index (χ2v) is 5.12. The molecule has 1 atom stereocenters. The number of hydrogen-bond acceptors (Lipinski definition) is 2. The number of aliphatic hydroxyl groups excluding tert-OH is 1. The minimum Gasteiger partial charge on any atom is -0.389 e. The predicted octanol–water partition coefficient (Wildman–Crippen LogP) is 3.36. The SMILES string of the molecule is C=CCOCC(O)Cn1c2ccccc2c2ccccc21. The molecule has 0 radical (unpaired) electrons. The van der Waals surface area contributed by atoms with E-state index < -0.39 is 6.10 Å². The first-order valence-electron chi connectivity index (χ1n) is 7.14. The van der Waals surface area contributed by atoms with Gasteiger partial charge in [0.15, 0.2) is 0 Å². The zero-order valence-corrected chi connectivity index (χ0v) is 11.9. The third kappa shape index (κ3) is 2.71. The highest BCUT2D eigenvalue weighted by Crippen LogP contribution is 2.28. The van der Waals surface area contributed by atoms with E-state index in [1.54, 1.807) is 6.08 Å². The predicted molar refractivity (Wildman–Crippen MR) is 86.5 cm³/mol. The van der Waals surface area contributed by atoms with E-state index >= 15 is 0 Å². The Morgan fingerprint density at radius 3 is 2.19 bits per heavy atom. The Labute approximate surface area is 124 Å². The molecular formula is C18H19NO2. The smallest absolute Gasteiger partial charge is 0.0952 e. The van der Waals surface area contributed by atoms with Gasteiger partial charge >= 0.3 is 0 Å². The van der Waals surface area contributed by atoms with Crippen molar-refractivity contribution in [3.05, 3.63) is 61.2 Å². The highest BCUT2D eigenvalue weighted by atomic mass is 16.5. The molecule has 1 unspecified atom stereocenters. The quantitative estimate of drug-likeness (QED) is 0.555. The highest BCUT2D eigenvalue weighted by molar-refractivity contribution is 6.07.